The highest BCUT2D eigenvalue weighted by Crippen LogP contribution is 2.10. The number of hydrogen-bond donors (Lipinski definition) is 1. The van der Waals surface area contributed by atoms with Gasteiger partial charge in [-0.2, -0.15) is 0 Å². The van der Waals surface area contributed by atoms with Crippen molar-refractivity contribution in [3.05, 3.63) is 70.1 Å². The summed E-state index contributed by atoms with van der Waals surface area (Å²) in [5.41, 5.74) is 1.55. The summed E-state index contributed by atoms with van der Waals surface area (Å²) in [6.45, 7) is 0. The van der Waals surface area contributed by atoms with Crippen molar-refractivity contribution in [1.82, 2.24) is 4.57 Å². The first-order valence-electron chi connectivity index (χ1n) is 8.16. The molecule has 0 amide bonds. The molecule has 0 unspecified atom stereocenters. The summed E-state index contributed by atoms with van der Waals surface area (Å²) in [7, 11) is 0. The van der Waals surface area contributed by atoms with Crippen LogP contribution in [0.1, 0.15) is 43.2 Å². The zero-order valence-corrected chi connectivity index (χ0v) is 13.3. The first kappa shape index (κ1) is 17.0. The Hall–Kier alpha value is -2.36. The number of unbranched alkanes of at least 4 members (excludes halogenated alkanes) is 4. The summed E-state index contributed by atoms with van der Waals surface area (Å²) in [5, 5.41) is 8.92. The van der Waals surface area contributed by atoms with Gasteiger partial charge < -0.3 is 5.11 Å². The van der Waals surface area contributed by atoms with Gasteiger partial charge in [0.25, 0.3) is 5.56 Å². The standard InChI is InChI=1S/C19H23NO3/c21-18-17(14-9-15-20(18)19(22)23)13-8-3-1-2-5-10-16-11-6-4-7-12-16/h4,6-7,9,11-12,14-15H,1-3,5,8,10,13H2,(H,22,23). The quantitative estimate of drug-likeness (QED) is 0.746. The first-order chi connectivity index (χ1) is 11.2. The number of hydrogen-bond acceptors (Lipinski definition) is 2. The fraction of sp³-hybridized carbons (Fsp3) is 0.368. The zero-order valence-electron chi connectivity index (χ0n) is 13.3. The van der Waals surface area contributed by atoms with Crippen LogP contribution in [0.25, 0.3) is 0 Å². The van der Waals surface area contributed by atoms with Crippen LogP contribution >= 0.6 is 0 Å². The van der Waals surface area contributed by atoms with Crippen molar-refractivity contribution in [2.75, 3.05) is 0 Å². The normalized spacial score (nSPS) is 10.6. The number of aromatic nitrogens is 1. The fourth-order valence-corrected chi connectivity index (χ4v) is 2.70. The van der Waals surface area contributed by atoms with Crippen LogP contribution in [0.4, 0.5) is 4.79 Å². The van der Waals surface area contributed by atoms with Gasteiger partial charge in [0.1, 0.15) is 0 Å². The molecular formula is C19H23NO3. The van der Waals surface area contributed by atoms with Crippen molar-refractivity contribution in [2.45, 2.75) is 44.9 Å². The van der Waals surface area contributed by atoms with E-state index in [4.69, 9.17) is 5.11 Å². The Labute approximate surface area is 136 Å². The van der Waals surface area contributed by atoms with Crippen LogP contribution in [0.5, 0.6) is 0 Å². The lowest BCUT2D eigenvalue weighted by atomic mass is 10.0. The highest BCUT2D eigenvalue weighted by Gasteiger charge is 2.07. The van der Waals surface area contributed by atoms with E-state index in [1.54, 1.807) is 12.1 Å². The fourth-order valence-electron chi connectivity index (χ4n) is 2.70. The van der Waals surface area contributed by atoms with Gasteiger partial charge in [-0.3, -0.25) is 4.79 Å². The molecule has 0 atom stereocenters. The van der Waals surface area contributed by atoms with E-state index < -0.39 is 11.7 Å². The van der Waals surface area contributed by atoms with E-state index in [9.17, 15) is 9.59 Å². The Balaban J connectivity index is 1.65. The number of pyridine rings is 1. The van der Waals surface area contributed by atoms with E-state index in [1.807, 2.05) is 6.07 Å². The van der Waals surface area contributed by atoms with Crippen LogP contribution in [0, 0.1) is 0 Å². The van der Waals surface area contributed by atoms with Gasteiger partial charge in [-0.15, -0.1) is 0 Å². The minimum Gasteiger partial charge on any atom is -0.464 e. The minimum atomic E-state index is -1.22. The summed E-state index contributed by atoms with van der Waals surface area (Å²) in [5.74, 6) is 0. The molecule has 0 aliphatic carbocycles. The molecule has 4 nitrogen and oxygen atoms in total. The lowest BCUT2D eigenvalue weighted by Gasteiger charge is -2.04. The molecule has 1 aromatic carbocycles. The molecule has 0 aliphatic heterocycles. The number of benzene rings is 1. The topological polar surface area (TPSA) is 59.3 Å². The lowest BCUT2D eigenvalue weighted by molar-refractivity contribution is 0.195. The van der Waals surface area contributed by atoms with Crippen molar-refractivity contribution in [3.63, 3.8) is 0 Å². The SMILES string of the molecule is O=C(O)n1cccc(CCCCCCCc2ccccc2)c1=O. The second-order valence-electron chi connectivity index (χ2n) is 5.74. The van der Waals surface area contributed by atoms with Crippen molar-refractivity contribution in [3.8, 4) is 0 Å². The average molecular weight is 313 g/mol. The van der Waals surface area contributed by atoms with Gasteiger partial charge in [0.2, 0.25) is 0 Å². The molecule has 1 aromatic heterocycles. The van der Waals surface area contributed by atoms with Crippen LogP contribution in [0.3, 0.4) is 0 Å². The molecular weight excluding hydrogens is 290 g/mol. The number of aryl methyl sites for hydroxylation is 2. The van der Waals surface area contributed by atoms with Crippen molar-refractivity contribution in [2.24, 2.45) is 0 Å². The van der Waals surface area contributed by atoms with Gasteiger partial charge in [-0.1, -0.05) is 55.7 Å². The molecule has 0 radical (unpaired) electrons. The minimum absolute atomic E-state index is 0.413. The molecule has 4 heteroatoms. The second-order valence-corrected chi connectivity index (χ2v) is 5.74. The van der Waals surface area contributed by atoms with Crippen LogP contribution in [0.2, 0.25) is 0 Å². The Kier molecular flexibility index (Phi) is 6.60. The predicted octanol–water partition coefficient (Wildman–Crippen LogP) is 4.11. The molecule has 23 heavy (non-hydrogen) atoms. The van der Waals surface area contributed by atoms with Crippen molar-refractivity contribution in [1.29, 1.82) is 0 Å². The van der Waals surface area contributed by atoms with Gasteiger partial charge >= 0.3 is 6.09 Å². The Bertz CT molecular complexity index is 677. The zero-order chi connectivity index (χ0) is 16.5. The monoisotopic (exact) mass is 313 g/mol. The van der Waals surface area contributed by atoms with Crippen LogP contribution in [0.15, 0.2) is 53.5 Å². The van der Waals surface area contributed by atoms with Gasteiger partial charge in [-0.05, 0) is 37.3 Å². The summed E-state index contributed by atoms with van der Waals surface area (Å²) in [4.78, 5) is 22.8. The largest absolute Gasteiger partial charge is 0.464 e. The Morgan fingerprint density at radius 2 is 1.52 bits per heavy atom. The summed E-state index contributed by atoms with van der Waals surface area (Å²) < 4.78 is 0.745. The van der Waals surface area contributed by atoms with E-state index in [-0.39, 0.29) is 0 Å². The van der Waals surface area contributed by atoms with Gasteiger partial charge in [-0.25, -0.2) is 9.36 Å². The number of carboxylic acid groups (broad SMARTS) is 1. The molecule has 122 valence electrons. The third-order valence-corrected chi connectivity index (χ3v) is 3.99. The maximum atomic E-state index is 11.9. The molecule has 1 N–H and O–H groups in total. The molecule has 2 rings (SSSR count). The highest BCUT2D eigenvalue weighted by atomic mass is 16.4. The maximum Gasteiger partial charge on any atom is 0.418 e. The molecule has 0 fully saturated rings. The van der Waals surface area contributed by atoms with Gasteiger partial charge in [0.15, 0.2) is 0 Å². The highest BCUT2D eigenvalue weighted by molar-refractivity contribution is 5.67. The van der Waals surface area contributed by atoms with Crippen LogP contribution < -0.4 is 5.56 Å². The van der Waals surface area contributed by atoms with Crippen LogP contribution in [-0.2, 0) is 12.8 Å². The average Bonchev–Trinajstić information content (AvgIpc) is 2.56. The Morgan fingerprint density at radius 3 is 2.22 bits per heavy atom. The smallest absolute Gasteiger partial charge is 0.418 e. The van der Waals surface area contributed by atoms with Crippen molar-refractivity contribution >= 4 is 6.09 Å². The van der Waals surface area contributed by atoms with Gasteiger partial charge in [0, 0.05) is 11.8 Å². The van der Waals surface area contributed by atoms with E-state index >= 15 is 0 Å². The lowest BCUT2D eigenvalue weighted by Crippen LogP contribution is -2.27. The summed E-state index contributed by atoms with van der Waals surface area (Å²) >= 11 is 0. The number of carbonyl (C=O) groups is 1. The van der Waals surface area contributed by atoms with E-state index in [1.165, 1.54) is 24.6 Å². The summed E-state index contributed by atoms with van der Waals surface area (Å²) in [6.07, 6.45) is 7.32. The molecule has 0 saturated heterocycles. The number of rotatable bonds is 8. The van der Waals surface area contributed by atoms with Crippen molar-refractivity contribution < 1.29 is 9.90 Å². The number of nitrogens with zero attached hydrogens (tertiary/aromatic N) is 1. The first-order valence-corrected chi connectivity index (χ1v) is 8.16. The molecule has 1 heterocycles. The summed E-state index contributed by atoms with van der Waals surface area (Å²) in [6, 6.07) is 13.8. The third-order valence-electron chi connectivity index (χ3n) is 3.99. The van der Waals surface area contributed by atoms with E-state index in [0.29, 0.717) is 12.0 Å². The van der Waals surface area contributed by atoms with Crippen LogP contribution in [-0.4, -0.2) is 15.8 Å². The Morgan fingerprint density at radius 1 is 0.870 bits per heavy atom. The molecule has 0 spiro atoms. The molecule has 0 saturated carbocycles. The molecule has 0 bridgehead atoms. The third kappa shape index (κ3) is 5.40. The predicted molar refractivity (Wildman–Crippen MR) is 91.1 cm³/mol. The second kappa shape index (κ2) is 8.93. The van der Waals surface area contributed by atoms with E-state index in [2.05, 4.69) is 24.3 Å². The molecule has 2 aromatic rings. The molecule has 0 aliphatic rings. The van der Waals surface area contributed by atoms with Gasteiger partial charge in [0.05, 0.1) is 0 Å². The maximum absolute atomic E-state index is 11.9. The van der Waals surface area contributed by atoms with E-state index in [0.717, 1.165) is 30.3 Å².